The number of hydrogen-bond donors (Lipinski definition) is 0. The lowest BCUT2D eigenvalue weighted by Gasteiger charge is -1.99. The Morgan fingerprint density at radius 3 is 2.82 bits per heavy atom. The fourth-order valence-electron chi connectivity index (χ4n) is 1.59. The van der Waals surface area contributed by atoms with Gasteiger partial charge in [0.2, 0.25) is 0 Å². The zero-order valence-corrected chi connectivity index (χ0v) is 9.47. The lowest BCUT2D eigenvalue weighted by atomic mass is 10.2. The molecule has 0 aliphatic rings. The first kappa shape index (κ1) is 11.4. The number of nitro benzene ring substituents is 1. The van der Waals surface area contributed by atoms with Crippen LogP contribution in [0.3, 0.4) is 0 Å². The molecule has 0 spiro atoms. The van der Waals surface area contributed by atoms with Crippen LogP contribution in [-0.2, 0) is 4.74 Å². The second-order valence-electron chi connectivity index (χ2n) is 3.27. The molecule has 2 rings (SSSR count). The number of halogens is 1. The van der Waals surface area contributed by atoms with Gasteiger partial charge in [0.15, 0.2) is 0 Å². The zero-order valence-electron chi connectivity index (χ0n) is 8.71. The van der Waals surface area contributed by atoms with Crippen molar-refractivity contribution in [1.82, 2.24) is 4.09 Å². The van der Waals surface area contributed by atoms with E-state index in [9.17, 15) is 14.9 Å². The fraction of sp³-hybridized carbons (Fsp3) is 0.100. The average molecular weight is 255 g/mol. The van der Waals surface area contributed by atoms with Crippen LogP contribution < -0.4 is 0 Å². The van der Waals surface area contributed by atoms with Crippen LogP contribution in [0.25, 0.3) is 10.9 Å². The van der Waals surface area contributed by atoms with Crippen molar-refractivity contribution in [2.24, 2.45) is 0 Å². The van der Waals surface area contributed by atoms with E-state index in [4.69, 9.17) is 11.8 Å². The van der Waals surface area contributed by atoms with Crippen LogP contribution in [0.4, 0.5) is 5.69 Å². The summed E-state index contributed by atoms with van der Waals surface area (Å²) >= 11 is 5.89. The molecule has 0 aliphatic heterocycles. The Kier molecular flexibility index (Phi) is 2.72. The molecule has 0 unspecified atom stereocenters. The summed E-state index contributed by atoms with van der Waals surface area (Å²) in [7, 11) is 1.21. The van der Waals surface area contributed by atoms with Gasteiger partial charge in [-0.25, -0.2) is 8.88 Å². The quantitative estimate of drug-likeness (QED) is 0.468. The normalized spacial score (nSPS) is 10.5. The van der Waals surface area contributed by atoms with Gasteiger partial charge in [-0.05, 0) is 6.07 Å². The van der Waals surface area contributed by atoms with Crippen molar-refractivity contribution in [2.75, 3.05) is 7.11 Å². The van der Waals surface area contributed by atoms with E-state index in [1.165, 1.54) is 25.3 Å². The van der Waals surface area contributed by atoms with Crippen LogP contribution >= 0.6 is 11.8 Å². The molecule has 0 atom stereocenters. The van der Waals surface area contributed by atoms with Crippen molar-refractivity contribution in [1.29, 1.82) is 0 Å². The Bertz CT molecular complexity index is 620. The molecule has 2 aromatic rings. The van der Waals surface area contributed by atoms with Gasteiger partial charge in [-0.1, -0.05) is 12.1 Å². The van der Waals surface area contributed by atoms with E-state index in [1.807, 2.05) is 0 Å². The lowest BCUT2D eigenvalue weighted by molar-refractivity contribution is -0.383. The van der Waals surface area contributed by atoms with Gasteiger partial charge in [0.05, 0.1) is 12.0 Å². The second kappa shape index (κ2) is 4.06. The number of ether oxygens (including phenoxy) is 1. The van der Waals surface area contributed by atoms with Crippen LogP contribution in [0.1, 0.15) is 10.5 Å². The topological polar surface area (TPSA) is 74.4 Å². The van der Waals surface area contributed by atoms with Crippen LogP contribution in [0.15, 0.2) is 24.3 Å². The minimum Gasteiger partial charge on any atom is -0.464 e. The fourth-order valence-corrected chi connectivity index (χ4v) is 1.90. The zero-order chi connectivity index (χ0) is 12.6. The maximum atomic E-state index is 11.4. The molecule has 88 valence electrons. The Hall–Kier alpha value is -2.08. The first-order chi connectivity index (χ1) is 8.06. The highest BCUT2D eigenvalue weighted by Gasteiger charge is 2.21. The van der Waals surface area contributed by atoms with E-state index in [0.29, 0.717) is 5.39 Å². The number of carbonyl (C=O) groups is 1. The lowest BCUT2D eigenvalue weighted by Crippen LogP contribution is -2.04. The highest BCUT2D eigenvalue weighted by Crippen LogP contribution is 2.29. The highest BCUT2D eigenvalue weighted by molar-refractivity contribution is 6.23. The molecule has 7 heteroatoms. The number of carbonyl (C=O) groups excluding carboxylic acids is 1. The Morgan fingerprint density at radius 1 is 1.53 bits per heavy atom. The monoisotopic (exact) mass is 254 g/mol. The number of para-hydroxylation sites is 1. The molecular weight excluding hydrogens is 248 g/mol. The summed E-state index contributed by atoms with van der Waals surface area (Å²) in [6.07, 6.45) is 0. The number of non-ortho nitro benzene ring substituents is 1. The predicted octanol–water partition coefficient (Wildman–Crippen LogP) is 2.34. The molecule has 0 aliphatic carbocycles. The van der Waals surface area contributed by atoms with E-state index >= 15 is 0 Å². The van der Waals surface area contributed by atoms with Gasteiger partial charge in [-0.3, -0.25) is 10.1 Å². The number of benzene rings is 1. The number of nitrogens with zero attached hydrogens (tertiary/aromatic N) is 2. The molecule has 6 nitrogen and oxygen atoms in total. The van der Waals surface area contributed by atoms with Crippen molar-refractivity contribution < 1.29 is 14.5 Å². The van der Waals surface area contributed by atoms with E-state index in [0.717, 1.165) is 4.09 Å². The number of esters is 1. The third-order valence-corrected chi connectivity index (χ3v) is 2.69. The molecule has 0 saturated heterocycles. The van der Waals surface area contributed by atoms with E-state index in [2.05, 4.69) is 4.74 Å². The molecule has 0 N–H and O–H groups in total. The minimum atomic E-state index is -0.648. The second-order valence-corrected chi connectivity index (χ2v) is 3.61. The molecule has 0 radical (unpaired) electrons. The number of nitro groups is 1. The third-order valence-electron chi connectivity index (χ3n) is 2.34. The van der Waals surface area contributed by atoms with E-state index in [-0.39, 0.29) is 16.9 Å². The minimum absolute atomic E-state index is 0.0541. The molecule has 1 aromatic carbocycles. The summed E-state index contributed by atoms with van der Waals surface area (Å²) in [6, 6.07) is 5.93. The van der Waals surface area contributed by atoms with E-state index < -0.39 is 10.9 Å². The Labute approximate surface area is 101 Å². The first-order valence-electron chi connectivity index (χ1n) is 4.59. The van der Waals surface area contributed by atoms with Crippen molar-refractivity contribution in [3.05, 3.63) is 40.1 Å². The van der Waals surface area contributed by atoms with Gasteiger partial charge in [-0.2, -0.15) is 0 Å². The first-order valence-corrected chi connectivity index (χ1v) is 4.93. The number of methoxy groups -OCH3 is 1. The standard InChI is InChI=1S/C10H7ClN2O4/c1-17-10(14)8-5-6-3-2-4-7(13(15)16)9(6)12(8)11/h2-5H,1H3. The molecule has 0 amide bonds. The SMILES string of the molecule is COC(=O)c1cc2cccc([N+](=O)[O-])c2n1Cl. The van der Waals surface area contributed by atoms with Crippen molar-refractivity contribution in [2.45, 2.75) is 0 Å². The summed E-state index contributed by atoms with van der Waals surface area (Å²) < 4.78 is 5.48. The van der Waals surface area contributed by atoms with Crippen LogP contribution in [-0.4, -0.2) is 22.1 Å². The summed E-state index contributed by atoms with van der Waals surface area (Å²) in [4.78, 5) is 21.7. The molecule has 0 bridgehead atoms. The third kappa shape index (κ3) is 1.72. The molecule has 0 saturated carbocycles. The molecular formula is C10H7ClN2O4. The van der Waals surface area contributed by atoms with Gasteiger partial charge in [0, 0.05) is 23.2 Å². The average Bonchev–Trinajstić information content (AvgIpc) is 2.66. The number of rotatable bonds is 2. The van der Waals surface area contributed by atoms with Gasteiger partial charge in [0.25, 0.3) is 5.69 Å². The number of aromatic nitrogens is 1. The van der Waals surface area contributed by atoms with Gasteiger partial charge < -0.3 is 4.74 Å². The number of fused-ring (bicyclic) bond motifs is 1. The molecule has 0 fully saturated rings. The van der Waals surface area contributed by atoms with Crippen LogP contribution in [0.5, 0.6) is 0 Å². The van der Waals surface area contributed by atoms with Crippen LogP contribution in [0, 0.1) is 10.1 Å². The summed E-state index contributed by atoms with van der Waals surface area (Å²) in [6.45, 7) is 0. The van der Waals surface area contributed by atoms with Crippen molar-refractivity contribution in [3.8, 4) is 0 Å². The molecule has 1 aromatic heterocycles. The summed E-state index contributed by atoms with van der Waals surface area (Å²) in [5.41, 5.74) is 0.0747. The van der Waals surface area contributed by atoms with Crippen LogP contribution in [0.2, 0.25) is 0 Å². The maximum absolute atomic E-state index is 11.4. The van der Waals surface area contributed by atoms with Gasteiger partial charge in [0.1, 0.15) is 11.2 Å². The summed E-state index contributed by atoms with van der Waals surface area (Å²) in [5, 5.41) is 11.3. The Balaban J connectivity index is 2.79. The number of hydrogen-bond acceptors (Lipinski definition) is 4. The van der Waals surface area contributed by atoms with Gasteiger partial charge in [-0.15, -0.1) is 0 Å². The Morgan fingerprint density at radius 2 is 2.24 bits per heavy atom. The molecule has 1 heterocycles. The highest BCUT2D eigenvalue weighted by atomic mass is 35.5. The largest absolute Gasteiger partial charge is 0.464 e. The smallest absolute Gasteiger partial charge is 0.356 e. The summed E-state index contributed by atoms with van der Waals surface area (Å²) in [5.74, 6) is -0.648. The van der Waals surface area contributed by atoms with Crippen molar-refractivity contribution in [3.63, 3.8) is 0 Å². The van der Waals surface area contributed by atoms with Gasteiger partial charge >= 0.3 is 5.97 Å². The predicted molar refractivity (Wildman–Crippen MR) is 61.2 cm³/mol. The van der Waals surface area contributed by atoms with E-state index in [1.54, 1.807) is 6.07 Å². The molecule has 17 heavy (non-hydrogen) atoms. The van der Waals surface area contributed by atoms with Crippen molar-refractivity contribution >= 4 is 34.3 Å². The maximum Gasteiger partial charge on any atom is 0.356 e.